The molecule has 0 fully saturated rings. The number of ether oxygens (including phenoxy) is 1. The first-order chi connectivity index (χ1) is 8.02. The maximum atomic E-state index is 13.2. The highest BCUT2D eigenvalue weighted by Crippen LogP contribution is 2.27. The summed E-state index contributed by atoms with van der Waals surface area (Å²) in [4.78, 5) is 14.7. The zero-order chi connectivity index (χ0) is 13.0. The smallest absolute Gasteiger partial charge is 0.357 e. The van der Waals surface area contributed by atoms with E-state index >= 15 is 0 Å². The Morgan fingerprint density at radius 1 is 1.59 bits per heavy atom. The second kappa shape index (κ2) is 5.62. The van der Waals surface area contributed by atoms with Gasteiger partial charge in [0.1, 0.15) is 5.82 Å². The molecule has 7 heteroatoms. The van der Waals surface area contributed by atoms with Gasteiger partial charge in [0.25, 0.3) is 6.43 Å². The minimum absolute atomic E-state index is 0.0124. The van der Waals surface area contributed by atoms with Crippen molar-refractivity contribution in [1.29, 1.82) is 0 Å². The van der Waals surface area contributed by atoms with Crippen LogP contribution in [-0.4, -0.2) is 17.6 Å². The third kappa shape index (κ3) is 2.73. The van der Waals surface area contributed by atoms with Gasteiger partial charge in [0.05, 0.1) is 18.4 Å². The van der Waals surface area contributed by atoms with Gasteiger partial charge in [-0.15, -0.1) is 0 Å². The molecule has 0 aliphatic carbocycles. The van der Waals surface area contributed by atoms with E-state index in [0.29, 0.717) is 6.20 Å². The van der Waals surface area contributed by atoms with Crippen LogP contribution in [0.1, 0.15) is 35.0 Å². The van der Waals surface area contributed by atoms with Crippen molar-refractivity contribution in [2.45, 2.75) is 19.9 Å². The number of hydrogen-bond donors (Lipinski definition) is 1. The van der Waals surface area contributed by atoms with E-state index in [2.05, 4.69) is 9.72 Å². The van der Waals surface area contributed by atoms with E-state index in [9.17, 15) is 18.0 Å². The number of halogens is 3. The number of esters is 1. The van der Waals surface area contributed by atoms with Gasteiger partial charge < -0.3 is 10.5 Å². The number of nitrogens with two attached hydrogens (primary N) is 1. The van der Waals surface area contributed by atoms with Crippen molar-refractivity contribution in [2.24, 2.45) is 5.73 Å². The largest absolute Gasteiger partial charge is 0.461 e. The van der Waals surface area contributed by atoms with Crippen LogP contribution in [0.15, 0.2) is 6.20 Å². The second-order valence-corrected chi connectivity index (χ2v) is 3.07. The zero-order valence-electron chi connectivity index (χ0n) is 9.04. The summed E-state index contributed by atoms with van der Waals surface area (Å²) in [5.41, 5.74) is 3.37. The van der Waals surface area contributed by atoms with Crippen LogP contribution in [0.5, 0.6) is 0 Å². The van der Waals surface area contributed by atoms with Gasteiger partial charge in [0.2, 0.25) is 0 Å². The Bertz CT molecular complexity index is 424. The van der Waals surface area contributed by atoms with Gasteiger partial charge in [-0.3, -0.25) is 0 Å². The van der Waals surface area contributed by atoms with Crippen LogP contribution in [0, 0.1) is 5.82 Å². The van der Waals surface area contributed by atoms with E-state index in [1.807, 2.05) is 0 Å². The van der Waals surface area contributed by atoms with E-state index in [-0.39, 0.29) is 6.61 Å². The average molecular weight is 248 g/mol. The fourth-order valence-corrected chi connectivity index (χ4v) is 1.34. The third-order valence-corrected chi connectivity index (χ3v) is 2.07. The van der Waals surface area contributed by atoms with Gasteiger partial charge in [0, 0.05) is 12.1 Å². The van der Waals surface area contributed by atoms with Crippen molar-refractivity contribution in [3.63, 3.8) is 0 Å². The predicted octanol–water partition coefficient (Wildman–Crippen LogP) is 1.79. The number of hydrogen-bond acceptors (Lipinski definition) is 4. The molecular weight excluding hydrogens is 237 g/mol. The Hall–Kier alpha value is -1.63. The Morgan fingerprint density at radius 2 is 2.24 bits per heavy atom. The molecule has 0 aliphatic heterocycles. The van der Waals surface area contributed by atoms with Gasteiger partial charge in [0.15, 0.2) is 5.69 Å². The van der Waals surface area contributed by atoms with Crippen molar-refractivity contribution in [3.05, 3.63) is 28.8 Å². The summed E-state index contributed by atoms with van der Waals surface area (Å²) < 4.78 is 43.3. The van der Waals surface area contributed by atoms with Crippen LogP contribution in [0.3, 0.4) is 0 Å². The molecule has 17 heavy (non-hydrogen) atoms. The Kier molecular flexibility index (Phi) is 4.45. The molecule has 1 aromatic heterocycles. The quantitative estimate of drug-likeness (QED) is 0.825. The van der Waals surface area contributed by atoms with Crippen molar-refractivity contribution < 1.29 is 22.7 Å². The van der Waals surface area contributed by atoms with Crippen molar-refractivity contribution in [3.8, 4) is 0 Å². The number of nitrogens with zero attached hydrogens (tertiary/aromatic N) is 1. The molecule has 2 N–H and O–H groups in total. The molecule has 1 aromatic rings. The normalized spacial score (nSPS) is 10.7. The lowest BCUT2D eigenvalue weighted by Crippen LogP contribution is -2.16. The molecule has 0 bridgehead atoms. The molecule has 1 rings (SSSR count). The topological polar surface area (TPSA) is 65.2 Å². The molecule has 0 amide bonds. The fraction of sp³-hybridized carbons (Fsp3) is 0.400. The number of carbonyl (C=O) groups is 1. The highest BCUT2D eigenvalue weighted by atomic mass is 19.3. The molecule has 0 atom stereocenters. The summed E-state index contributed by atoms with van der Waals surface area (Å²) in [6.45, 7) is 1.09. The minimum atomic E-state index is -3.05. The first-order valence-corrected chi connectivity index (χ1v) is 4.85. The summed E-state index contributed by atoms with van der Waals surface area (Å²) in [6, 6.07) is 0. The van der Waals surface area contributed by atoms with E-state index in [0.717, 1.165) is 0 Å². The monoisotopic (exact) mass is 248 g/mol. The third-order valence-electron chi connectivity index (χ3n) is 2.07. The second-order valence-electron chi connectivity index (χ2n) is 3.07. The molecule has 0 saturated heterocycles. The van der Waals surface area contributed by atoms with Crippen LogP contribution in [-0.2, 0) is 11.3 Å². The van der Waals surface area contributed by atoms with Crippen LogP contribution >= 0.6 is 0 Å². The molecule has 1 heterocycles. The standard InChI is InChI=1S/C10H11F3N2O2/c1-2-17-10(16)8-7(9(12)13)5(3-14)6(11)4-15-8/h4,9H,2-3,14H2,1H3. The number of carbonyl (C=O) groups excluding carboxylic acids is 1. The maximum absolute atomic E-state index is 13.2. The van der Waals surface area contributed by atoms with Gasteiger partial charge in [-0.05, 0) is 6.92 Å². The fourth-order valence-electron chi connectivity index (χ4n) is 1.34. The number of rotatable bonds is 4. The highest BCUT2D eigenvalue weighted by Gasteiger charge is 2.26. The summed E-state index contributed by atoms with van der Waals surface area (Å²) in [5.74, 6) is -1.98. The lowest BCUT2D eigenvalue weighted by molar-refractivity contribution is 0.0506. The van der Waals surface area contributed by atoms with Gasteiger partial charge in [-0.2, -0.15) is 0 Å². The molecule has 0 saturated carbocycles. The number of pyridine rings is 1. The first kappa shape index (κ1) is 13.4. The Morgan fingerprint density at radius 3 is 2.71 bits per heavy atom. The van der Waals surface area contributed by atoms with Gasteiger partial charge in [-0.25, -0.2) is 22.9 Å². The lowest BCUT2D eigenvalue weighted by atomic mass is 10.1. The van der Waals surface area contributed by atoms with Crippen LogP contribution in [0.25, 0.3) is 0 Å². The van der Waals surface area contributed by atoms with Gasteiger partial charge in [-0.1, -0.05) is 0 Å². The van der Waals surface area contributed by atoms with E-state index in [1.165, 1.54) is 6.92 Å². The first-order valence-electron chi connectivity index (χ1n) is 4.85. The molecule has 0 aliphatic rings. The van der Waals surface area contributed by atoms with E-state index in [4.69, 9.17) is 5.73 Å². The van der Waals surface area contributed by atoms with Gasteiger partial charge >= 0.3 is 5.97 Å². The lowest BCUT2D eigenvalue weighted by Gasteiger charge is -2.12. The van der Waals surface area contributed by atoms with E-state index in [1.54, 1.807) is 0 Å². The summed E-state index contributed by atoms with van der Waals surface area (Å²) in [5, 5.41) is 0. The molecule has 0 unspecified atom stereocenters. The molecule has 0 spiro atoms. The van der Waals surface area contributed by atoms with Crippen molar-refractivity contribution in [2.75, 3.05) is 6.61 Å². The highest BCUT2D eigenvalue weighted by molar-refractivity contribution is 5.89. The summed E-state index contributed by atoms with van der Waals surface area (Å²) in [6.07, 6.45) is -2.36. The van der Waals surface area contributed by atoms with Crippen LogP contribution in [0.2, 0.25) is 0 Å². The molecule has 4 nitrogen and oxygen atoms in total. The molecule has 94 valence electrons. The molecule has 0 aromatic carbocycles. The number of aromatic nitrogens is 1. The summed E-state index contributed by atoms with van der Waals surface area (Å²) in [7, 11) is 0. The minimum Gasteiger partial charge on any atom is -0.461 e. The summed E-state index contributed by atoms with van der Waals surface area (Å²) >= 11 is 0. The molecular formula is C10H11F3N2O2. The Labute approximate surface area is 95.6 Å². The van der Waals surface area contributed by atoms with Crippen molar-refractivity contribution >= 4 is 5.97 Å². The SMILES string of the molecule is CCOC(=O)c1ncc(F)c(CN)c1C(F)F. The zero-order valence-corrected chi connectivity index (χ0v) is 9.04. The Balaban J connectivity index is 3.35. The van der Waals surface area contributed by atoms with Crippen LogP contribution in [0.4, 0.5) is 13.2 Å². The number of alkyl halides is 2. The molecule has 0 radical (unpaired) electrons. The van der Waals surface area contributed by atoms with E-state index < -0.39 is 41.6 Å². The average Bonchev–Trinajstić information content (AvgIpc) is 2.28. The maximum Gasteiger partial charge on any atom is 0.357 e. The van der Waals surface area contributed by atoms with Crippen LogP contribution < -0.4 is 5.73 Å². The predicted molar refractivity (Wildman–Crippen MR) is 53.0 cm³/mol. The van der Waals surface area contributed by atoms with Crippen molar-refractivity contribution in [1.82, 2.24) is 4.98 Å².